The Labute approximate surface area is 130 Å². The molecule has 0 unspecified atom stereocenters. The summed E-state index contributed by atoms with van der Waals surface area (Å²) < 4.78 is 6.41. The lowest BCUT2D eigenvalue weighted by atomic mass is 10.2. The van der Waals surface area contributed by atoms with Crippen LogP contribution in [0.4, 0.5) is 0 Å². The molecule has 0 aliphatic heterocycles. The second-order valence-electron chi connectivity index (χ2n) is 4.48. The number of fused-ring (bicyclic) bond motifs is 3. The molecule has 0 saturated heterocycles. The van der Waals surface area contributed by atoms with Crippen molar-refractivity contribution in [1.29, 1.82) is 0 Å². The van der Waals surface area contributed by atoms with Crippen LogP contribution in [0.2, 0.25) is 0 Å². The molecule has 2 aromatic heterocycles. The molecule has 7 heteroatoms. The molecule has 22 heavy (non-hydrogen) atoms. The number of esters is 1. The number of benzene rings is 1. The number of hydrogen-bond acceptors (Lipinski definition) is 5. The molecule has 0 atom stereocenters. The average Bonchev–Trinajstić information content (AvgIpc) is 2.94. The van der Waals surface area contributed by atoms with E-state index in [1.54, 1.807) is 10.7 Å². The van der Waals surface area contributed by atoms with Crippen LogP contribution in [-0.4, -0.2) is 32.4 Å². The van der Waals surface area contributed by atoms with Gasteiger partial charge in [0.15, 0.2) is 11.5 Å². The highest BCUT2D eigenvalue weighted by Gasteiger charge is 2.08. The molecule has 110 valence electrons. The van der Waals surface area contributed by atoms with Gasteiger partial charge in [-0.2, -0.15) is 9.61 Å². The minimum absolute atomic E-state index is 0.0335. The maximum absolute atomic E-state index is 11.5. The number of carbonyl (C=O) groups is 1. The number of aromatic nitrogens is 4. The summed E-state index contributed by atoms with van der Waals surface area (Å²) in [5, 5.41) is 14.6. The predicted octanol–water partition coefficient (Wildman–Crippen LogP) is 2.59. The van der Waals surface area contributed by atoms with Crippen LogP contribution < -0.4 is 0 Å². The van der Waals surface area contributed by atoms with Crippen molar-refractivity contribution < 1.29 is 9.53 Å². The van der Waals surface area contributed by atoms with Crippen molar-refractivity contribution in [2.24, 2.45) is 0 Å². The average molecular weight is 315 g/mol. The number of carbonyl (C=O) groups excluding carboxylic acids is 1. The van der Waals surface area contributed by atoms with Crippen LogP contribution in [0.1, 0.15) is 5.82 Å². The summed E-state index contributed by atoms with van der Waals surface area (Å²) in [5.41, 5.74) is 0.625. The topological polar surface area (TPSA) is 69.4 Å². The summed E-state index contributed by atoms with van der Waals surface area (Å²) in [5.74, 6) is -0.109. The van der Waals surface area contributed by atoms with Gasteiger partial charge in [-0.15, -0.1) is 10.2 Å². The summed E-state index contributed by atoms with van der Waals surface area (Å²) in [4.78, 5) is 11.5. The highest BCUT2D eigenvalue weighted by molar-refractivity contribution is 6.29. The molecule has 0 radical (unpaired) electrons. The Hall–Kier alpha value is -2.73. The molecule has 0 aliphatic rings. The first kappa shape index (κ1) is 14.2. The lowest BCUT2D eigenvalue weighted by Gasteiger charge is -1.99. The maximum Gasteiger partial charge on any atom is 0.331 e. The first-order valence-corrected chi connectivity index (χ1v) is 6.80. The standard InChI is InChI=1S/C15H11ClN4O2/c1-10(16)9-22-14(21)7-6-13-18-19-15-12-5-3-2-4-11(12)8-17-20(13)15/h2-8H,1,9H2/b7-6+. The Morgan fingerprint density at radius 3 is 3.00 bits per heavy atom. The number of rotatable bonds is 4. The minimum atomic E-state index is -0.542. The van der Waals surface area contributed by atoms with Gasteiger partial charge in [0.25, 0.3) is 0 Å². The van der Waals surface area contributed by atoms with E-state index < -0.39 is 5.97 Å². The fourth-order valence-corrected chi connectivity index (χ4v) is 2.01. The van der Waals surface area contributed by atoms with Crippen molar-refractivity contribution in [1.82, 2.24) is 19.8 Å². The van der Waals surface area contributed by atoms with Gasteiger partial charge in [-0.3, -0.25) is 0 Å². The van der Waals surface area contributed by atoms with E-state index >= 15 is 0 Å². The molecular weight excluding hydrogens is 304 g/mol. The smallest absolute Gasteiger partial charge is 0.331 e. The molecule has 0 saturated carbocycles. The first-order chi connectivity index (χ1) is 10.6. The van der Waals surface area contributed by atoms with Crippen molar-refractivity contribution >= 4 is 40.1 Å². The zero-order valence-electron chi connectivity index (χ0n) is 11.4. The fourth-order valence-electron chi connectivity index (χ4n) is 1.95. The number of nitrogens with zero attached hydrogens (tertiary/aromatic N) is 4. The molecule has 3 aromatic rings. The monoisotopic (exact) mass is 314 g/mol. The van der Waals surface area contributed by atoms with E-state index in [4.69, 9.17) is 16.3 Å². The largest absolute Gasteiger partial charge is 0.457 e. The summed E-state index contributed by atoms with van der Waals surface area (Å²) in [7, 11) is 0. The molecule has 6 nitrogen and oxygen atoms in total. The van der Waals surface area contributed by atoms with Gasteiger partial charge in [-0.1, -0.05) is 42.4 Å². The summed E-state index contributed by atoms with van der Waals surface area (Å²) >= 11 is 5.52. The first-order valence-electron chi connectivity index (χ1n) is 6.42. The van der Waals surface area contributed by atoms with Crippen LogP contribution in [0.25, 0.3) is 22.5 Å². The van der Waals surface area contributed by atoms with Crippen LogP contribution in [-0.2, 0) is 9.53 Å². The predicted molar refractivity (Wildman–Crippen MR) is 83.3 cm³/mol. The van der Waals surface area contributed by atoms with Gasteiger partial charge in [0.2, 0.25) is 0 Å². The van der Waals surface area contributed by atoms with Crippen molar-refractivity contribution in [2.45, 2.75) is 0 Å². The van der Waals surface area contributed by atoms with E-state index in [9.17, 15) is 4.79 Å². The van der Waals surface area contributed by atoms with Crippen LogP contribution in [0, 0.1) is 0 Å². The van der Waals surface area contributed by atoms with Gasteiger partial charge in [0.1, 0.15) is 6.61 Å². The fraction of sp³-hybridized carbons (Fsp3) is 0.0667. The highest BCUT2D eigenvalue weighted by Crippen LogP contribution is 2.17. The SMILES string of the molecule is C=C(Cl)COC(=O)/C=C/c1nnc2c3ccccc3cnn12. The molecular formula is C15H11ClN4O2. The maximum atomic E-state index is 11.5. The summed E-state index contributed by atoms with van der Waals surface area (Å²) in [6.45, 7) is 3.40. The van der Waals surface area contributed by atoms with Gasteiger partial charge in [-0.25, -0.2) is 4.79 Å². The van der Waals surface area contributed by atoms with Gasteiger partial charge in [0.05, 0.1) is 6.20 Å². The lowest BCUT2D eigenvalue weighted by molar-refractivity contribution is -0.136. The molecule has 0 fully saturated rings. The van der Waals surface area contributed by atoms with Gasteiger partial charge < -0.3 is 4.74 Å². The summed E-state index contributed by atoms with van der Waals surface area (Å²) in [6, 6.07) is 7.74. The van der Waals surface area contributed by atoms with Crippen molar-refractivity contribution in [3.63, 3.8) is 0 Å². The molecule has 0 N–H and O–H groups in total. The van der Waals surface area contributed by atoms with Crippen LogP contribution in [0.5, 0.6) is 0 Å². The van der Waals surface area contributed by atoms with E-state index in [0.29, 0.717) is 11.5 Å². The second kappa shape index (κ2) is 5.95. The normalized spacial score (nSPS) is 11.3. The van der Waals surface area contributed by atoms with Crippen molar-refractivity contribution in [3.8, 4) is 0 Å². The van der Waals surface area contributed by atoms with Crippen LogP contribution >= 0.6 is 11.6 Å². The van der Waals surface area contributed by atoms with Crippen LogP contribution in [0.3, 0.4) is 0 Å². The Balaban J connectivity index is 1.90. The quantitative estimate of drug-likeness (QED) is 0.547. The van der Waals surface area contributed by atoms with E-state index in [1.807, 2.05) is 24.3 Å². The highest BCUT2D eigenvalue weighted by atomic mass is 35.5. The molecule has 0 bridgehead atoms. The third-order valence-electron chi connectivity index (χ3n) is 2.92. The Morgan fingerprint density at radius 1 is 1.36 bits per heavy atom. The zero-order chi connectivity index (χ0) is 15.5. The Bertz CT molecular complexity index is 901. The number of ether oxygens (including phenoxy) is 1. The van der Waals surface area contributed by atoms with Gasteiger partial charge in [-0.05, 0) is 6.08 Å². The Kier molecular flexibility index (Phi) is 3.84. The summed E-state index contributed by atoms with van der Waals surface area (Å²) in [6.07, 6.45) is 4.45. The van der Waals surface area contributed by atoms with Gasteiger partial charge >= 0.3 is 5.97 Å². The van der Waals surface area contributed by atoms with Crippen LogP contribution in [0.15, 0.2) is 48.1 Å². The molecule has 2 heterocycles. The van der Waals surface area contributed by atoms with Crippen molar-refractivity contribution in [3.05, 3.63) is 54.0 Å². The third-order valence-corrected chi connectivity index (χ3v) is 3.03. The van der Waals surface area contributed by atoms with E-state index in [0.717, 1.165) is 10.8 Å². The van der Waals surface area contributed by atoms with E-state index in [1.165, 1.54) is 12.2 Å². The minimum Gasteiger partial charge on any atom is -0.457 e. The molecule has 0 amide bonds. The van der Waals surface area contributed by atoms with E-state index in [-0.39, 0.29) is 11.6 Å². The van der Waals surface area contributed by atoms with E-state index in [2.05, 4.69) is 21.9 Å². The molecule has 0 aliphatic carbocycles. The number of halogens is 1. The van der Waals surface area contributed by atoms with Crippen molar-refractivity contribution in [2.75, 3.05) is 6.61 Å². The zero-order valence-corrected chi connectivity index (χ0v) is 12.2. The number of hydrogen-bond donors (Lipinski definition) is 0. The molecule has 1 aromatic carbocycles. The second-order valence-corrected chi connectivity index (χ2v) is 5.02. The molecule has 3 rings (SSSR count). The molecule has 0 spiro atoms. The lowest BCUT2D eigenvalue weighted by Crippen LogP contribution is -2.02. The van der Waals surface area contributed by atoms with Gasteiger partial charge in [0, 0.05) is 21.9 Å². The Morgan fingerprint density at radius 2 is 2.18 bits per heavy atom. The third kappa shape index (κ3) is 2.82.